The average molecular weight is 186 g/mol. The number of hydrogen-bond donors (Lipinski definition) is 0. The highest BCUT2D eigenvalue weighted by molar-refractivity contribution is 5.72. The second kappa shape index (κ2) is 2.48. The van der Waals surface area contributed by atoms with E-state index in [1.807, 2.05) is 0 Å². The fourth-order valence-electron chi connectivity index (χ4n) is 0.989. The smallest absolute Gasteiger partial charge is 0.416 e. The highest BCUT2D eigenvalue weighted by atomic mass is 19.4. The zero-order chi connectivity index (χ0) is 9.47. The first kappa shape index (κ1) is 8.10. The molecule has 0 aliphatic rings. The van der Waals surface area contributed by atoms with Crippen molar-refractivity contribution in [2.45, 2.75) is 6.18 Å². The Morgan fingerprint density at radius 1 is 1.31 bits per heavy atom. The van der Waals surface area contributed by atoms with Crippen molar-refractivity contribution >= 4 is 11.1 Å². The fourth-order valence-corrected chi connectivity index (χ4v) is 0.989. The number of benzene rings is 1. The highest BCUT2D eigenvalue weighted by Crippen LogP contribution is 2.30. The highest BCUT2D eigenvalue weighted by Gasteiger charge is 2.30. The summed E-state index contributed by atoms with van der Waals surface area (Å²) >= 11 is 0. The molecule has 2 rings (SSSR count). The van der Waals surface area contributed by atoms with Crippen LogP contribution in [0.1, 0.15) is 5.56 Å². The first-order valence-corrected chi connectivity index (χ1v) is 3.41. The lowest BCUT2D eigenvalue weighted by Crippen LogP contribution is -2.03. The molecule has 0 saturated carbocycles. The predicted molar refractivity (Wildman–Crippen MR) is 37.8 cm³/mol. The maximum Gasteiger partial charge on any atom is 0.416 e. The molecule has 0 amide bonds. The molecule has 0 aliphatic carbocycles. The number of halogens is 3. The van der Waals surface area contributed by atoms with Crippen LogP contribution in [-0.4, -0.2) is 4.98 Å². The van der Waals surface area contributed by atoms with Crippen LogP contribution in [0, 0.1) is 6.39 Å². The normalized spacial score (nSPS) is 12.2. The largest absolute Gasteiger partial charge is 0.432 e. The van der Waals surface area contributed by atoms with Crippen molar-refractivity contribution < 1.29 is 17.6 Å². The molecule has 67 valence electrons. The Labute approximate surface area is 71.0 Å². The molecule has 0 fully saturated rings. The molecule has 1 aromatic carbocycles. The molecule has 0 N–H and O–H groups in total. The van der Waals surface area contributed by atoms with E-state index in [0.29, 0.717) is 5.58 Å². The third-order valence-electron chi connectivity index (χ3n) is 1.61. The Bertz CT molecular complexity index is 432. The summed E-state index contributed by atoms with van der Waals surface area (Å²) in [5, 5.41) is 0. The molecule has 0 aliphatic heterocycles. The summed E-state index contributed by atoms with van der Waals surface area (Å²) in [4.78, 5) is 3.50. The predicted octanol–water partition coefficient (Wildman–Crippen LogP) is 2.65. The van der Waals surface area contributed by atoms with Crippen LogP contribution in [-0.2, 0) is 6.18 Å². The topological polar surface area (TPSA) is 26.0 Å². The van der Waals surface area contributed by atoms with Gasteiger partial charge in [-0.25, -0.2) is 4.98 Å². The first-order chi connectivity index (χ1) is 6.07. The summed E-state index contributed by atoms with van der Waals surface area (Å²) in [7, 11) is 0. The molecule has 1 radical (unpaired) electrons. The molecule has 0 bridgehead atoms. The maximum atomic E-state index is 12.2. The van der Waals surface area contributed by atoms with E-state index in [9.17, 15) is 13.2 Å². The Hall–Kier alpha value is -1.52. The van der Waals surface area contributed by atoms with Gasteiger partial charge in [-0.1, -0.05) is 0 Å². The van der Waals surface area contributed by atoms with Gasteiger partial charge in [-0.15, -0.1) is 0 Å². The van der Waals surface area contributed by atoms with E-state index in [4.69, 9.17) is 0 Å². The number of nitrogens with zero attached hydrogens (tertiary/aromatic N) is 1. The van der Waals surface area contributed by atoms with Gasteiger partial charge in [0.05, 0.1) is 5.56 Å². The van der Waals surface area contributed by atoms with Gasteiger partial charge in [0, 0.05) is 0 Å². The minimum Gasteiger partial charge on any atom is -0.432 e. The van der Waals surface area contributed by atoms with E-state index < -0.39 is 11.7 Å². The maximum absolute atomic E-state index is 12.2. The molecule has 0 atom stereocenters. The van der Waals surface area contributed by atoms with Crippen molar-refractivity contribution in [3.05, 3.63) is 30.2 Å². The van der Waals surface area contributed by atoms with E-state index in [-0.39, 0.29) is 5.52 Å². The summed E-state index contributed by atoms with van der Waals surface area (Å²) in [5.74, 6) is 0. The van der Waals surface area contributed by atoms with E-state index in [2.05, 4.69) is 15.8 Å². The minimum absolute atomic E-state index is 0.162. The molecule has 0 unspecified atom stereocenters. The molecular weight excluding hydrogens is 183 g/mol. The van der Waals surface area contributed by atoms with Crippen LogP contribution in [0.2, 0.25) is 0 Å². The quantitative estimate of drug-likeness (QED) is 0.632. The van der Waals surface area contributed by atoms with Crippen molar-refractivity contribution in [2.24, 2.45) is 0 Å². The first-order valence-electron chi connectivity index (χ1n) is 3.41. The van der Waals surface area contributed by atoms with Crippen molar-refractivity contribution in [2.75, 3.05) is 0 Å². The molecule has 0 saturated heterocycles. The summed E-state index contributed by atoms with van der Waals surface area (Å²) < 4.78 is 41.1. The summed E-state index contributed by atoms with van der Waals surface area (Å²) in [6.07, 6.45) is -2.22. The SMILES string of the molecule is FC(F)(F)c1ccc2o[c]nc2c1. The second-order valence-corrected chi connectivity index (χ2v) is 2.49. The summed E-state index contributed by atoms with van der Waals surface area (Å²) in [5.41, 5.74) is -0.273. The average Bonchev–Trinajstić information content (AvgIpc) is 2.47. The summed E-state index contributed by atoms with van der Waals surface area (Å²) in [6, 6.07) is 3.10. The van der Waals surface area contributed by atoms with Gasteiger partial charge in [-0.3, -0.25) is 0 Å². The number of alkyl halides is 3. The monoisotopic (exact) mass is 186 g/mol. The van der Waals surface area contributed by atoms with Crippen molar-refractivity contribution in [1.29, 1.82) is 0 Å². The molecule has 2 aromatic rings. The molecular formula is C8H3F3NO. The van der Waals surface area contributed by atoms with Gasteiger partial charge in [0.1, 0.15) is 5.52 Å². The van der Waals surface area contributed by atoms with Gasteiger partial charge in [-0.05, 0) is 18.2 Å². The van der Waals surface area contributed by atoms with Gasteiger partial charge in [0.25, 0.3) is 6.39 Å². The van der Waals surface area contributed by atoms with Crippen LogP contribution < -0.4 is 0 Å². The van der Waals surface area contributed by atoms with Gasteiger partial charge in [0.2, 0.25) is 0 Å². The van der Waals surface area contributed by atoms with Crippen LogP contribution in [0.25, 0.3) is 11.1 Å². The van der Waals surface area contributed by atoms with E-state index in [0.717, 1.165) is 12.1 Å². The standard InChI is InChI=1S/C8H3F3NO/c9-8(10,11)5-1-2-7-6(3-5)12-4-13-7/h1-3H. The second-order valence-electron chi connectivity index (χ2n) is 2.49. The summed E-state index contributed by atoms with van der Waals surface area (Å²) in [6.45, 7) is 0. The van der Waals surface area contributed by atoms with Gasteiger partial charge < -0.3 is 4.42 Å². The van der Waals surface area contributed by atoms with Crippen LogP contribution in [0.15, 0.2) is 22.6 Å². The van der Waals surface area contributed by atoms with E-state index in [1.165, 1.54) is 6.07 Å². The van der Waals surface area contributed by atoms with Gasteiger partial charge >= 0.3 is 6.18 Å². The Morgan fingerprint density at radius 3 is 2.77 bits per heavy atom. The minimum atomic E-state index is -4.34. The molecule has 2 nitrogen and oxygen atoms in total. The van der Waals surface area contributed by atoms with E-state index >= 15 is 0 Å². The molecule has 1 aromatic heterocycles. The fraction of sp³-hybridized carbons (Fsp3) is 0.125. The van der Waals surface area contributed by atoms with Crippen LogP contribution in [0.3, 0.4) is 0 Å². The van der Waals surface area contributed by atoms with Crippen molar-refractivity contribution in [3.63, 3.8) is 0 Å². The van der Waals surface area contributed by atoms with Crippen molar-refractivity contribution in [3.8, 4) is 0 Å². The lowest BCUT2D eigenvalue weighted by Gasteiger charge is -2.04. The third kappa shape index (κ3) is 1.37. The van der Waals surface area contributed by atoms with Crippen LogP contribution in [0.5, 0.6) is 0 Å². The lowest BCUT2D eigenvalue weighted by atomic mass is 10.2. The molecule has 5 heteroatoms. The van der Waals surface area contributed by atoms with Crippen LogP contribution in [0.4, 0.5) is 13.2 Å². The number of oxazole rings is 1. The molecule has 13 heavy (non-hydrogen) atoms. The third-order valence-corrected chi connectivity index (χ3v) is 1.61. The van der Waals surface area contributed by atoms with Crippen molar-refractivity contribution in [1.82, 2.24) is 4.98 Å². The lowest BCUT2D eigenvalue weighted by molar-refractivity contribution is -0.137. The number of hydrogen-bond acceptors (Lipinski definition) is 2. The zero-order valence-corrected chi connectivity index (χ0v) is 6.22. The Kier molecular flexibility index (Phi) is 1.55. The van der Waals surface area contributed by atoms with Gasteiger partial charge in [0.15, 0.2) is 5.58 Å². The van der Waals surface area contributed by atoms with Gasteiger partial charge in [-0.2, -0.15) is 13.2 Å². The zero-order valence-electron chi connectivity index (χ0n) is 6.22. The number of fused-ring (bicyclic) bond motifs is 1. The molecule has 0 spiro atoms. The number of rotatable bonds is 0. The Balaban J connectivity index is 2.61. The molecule has 1 heterocycles. The van der Waals surface area contributed by atoms with E-state index in [1.54, 1.807) is 0 Å². The number of aromatic nitrogens is 1. The Morgan fingerprint density at radius 2 is 2.08 bits per heavy atom. The van der Waals surface area contributed by atoms with Crippen LogP contribution >= 0.6 is 0 Å².